The zero-order valence-electron chi connectivity index (χ0n) is 33.8. The fourth-order valence-electron chi connectivity index (χ4n) is 7.49. The predicted molar refractivity (Wildman–Crippen MR) is 257 cm³/mol. The monoisotopic (exact) mass is 882 g/mol. The van der Waals surface area contributed by atoms with Crippen molar-refractivity contribution in [3.63, 3.8) is 0 Å². The Kier molecular flexibility index (Phi) is 20.8. The minimum atomic E-state index is 0.0655. The van der Waals surface area contributed by atoms with E-state index < -0.39 is 0 Å². The maximum Gasteiger partial charge on any atom is 0.123 e. The molecule has 6 nitrogen and oxygen atoms in total. The highest BCUT2D eigenvalue weighted by atomic mass is 32.1. The number of benzene rings is 4. The summed E-state index contributed by atoms with van der Waals surface area (Å²) in [5, 5.41) is 0. The van der Waals surface area contributed by atoms with Crippen LogP contribution in [-0.2, 0) is 0 Å². The molecule has 1 saturated carbocycles. The van der Waals surface area contributed by atoms with E-state index >= 15 is 0 Å². The molecule has 0 aromatic heterocycles. The molecule has 1 fully saturated rings. The van der Waals surface area contributed by atoms with Crippen molar-refractivity contribution in [3.8, 4) is 34.5 Å². The van der Waals surface area contributed by atoms with Gasteiger partial charge in [-0.25, -0.2) is 0 Å². The summed E-state index contributed by atoms with van der Waals surface area (Å²) in [6, 6.07) is 30.3. The summed E-state index contributed by atoms with van der Waals surface area (Å²) in [6.07, 6.45) is 6.36. The summed E-state index contributed by atoms with van der Waals surface area (Å²) >= 11 is 22.1. The van der Waals surface area contributed by atoms with Gasteiger partial charge in [-0.05, 0) is 162 Å². The molecule has 0 N–H and O–H groups in total. The molecule has 316 valence electrons. The van der Waals surface area contributed by atoms with E-state index in [1.807, 2.05) is 12.1 Å². The van der Waals surface area contributed by atoms with Crippen LogP contribution in [0.15, 0.2) is 84.9 Å². The van der Waals surface area contributed by atoms with Crippen LogP contribution < -0.4 is 28.4 Å². The Balaban J connectivity index is 1.67. The van der Waals surface area contributed by atoms with Crippen LogP contribution in [0.1, 0.15) is 97.8 Å². The first kappa shape index (κ1) is 46.5. The van der Waals surface area contributed by atoms with Crippen LogP contribution in [0.3, 0.4) is 0 Å². The third-order valence-electron chi connectivity index (χ3n) is 10.3. The molecule has 0 saturated heterocycles. The van der Waals surface area contributed by atoms with Crippen molar-refractivity contribution in [2.24, 2.45) is 0 Å². The van der Waals surface area contributed by atoms with Gasteiger partial charge in [-0.1, -0.05) is 37.6 Å². The highest BCUT2D eigenvalue weighted by molar-refractivity contribution is 7.80. The maximum absolute atomic E-state index is 6.41. The first-order valence-electron chi connectivity index (χ1n) is 20.8. The molecule has 2 atom stereocenters. The topological polar surface area (TPSA) is 55.4 Å². The largest absolute Gasteiger partial charge is 0.494 e. The van der Waals surface area contributed by atoms with Crippen molar-refractivity contribution in [2.75, 3.05) is 68.4 Å². The van der Waals surface area contributed by atoms with Gasteiger partial charge in [-0.15, -0.1) is 0 Å². The molecule has 0 spiro atoms. The molecular weight excluding hydrogens is 821 g/mol. The molecule has 0 amide bonds. The van der Waals surface area contributed by atoms with Crippen molar-refractivity contribution in [3.05, 3.63) is 107 Å². The lowest BCUT2D eigenvalue weighted by Crippen LogP contribution is -2.40. The fourth-order valence-corrected chi connectivity index (χ4v) is 8.14. The van der Waals surface area contributed by atoms with E-state index in [-0.39, 0.29) is 23.7 Å². The Hall–Kier alpha value is -2.57. The third-order valence-corrected chi connectivity index (χ3v) is 11.9. The summed E-state index contributed by atoms with van der Waals surface area (Å²) in [4.78, 5) is 0. The minimum absolute atomic E-state index is 0.0655. The highest BCUT2D eigenvalue weighted by Crippen LogP contribution is 2.67. The van der Waals surface area contributed by atoms with E-state index in [1.165, 1.54) is 22.3 Å². The number of rotatable bonds is 28. The molecule has 0 aliphatic heterocycles. The summed E-state index contributed by atoms with van der Waals surface area (Å²) < 4.78 is 37.7. The van der Waals surface area contributed by atoms with Crippen LogP contribution >= 0.6 is 63.1 Å². The highest BCUT2D eigenvalue weighted by Gasteiger charge is 2.53. The molecule has 4 aromatic carbocycles. The van der Waals surface area contributed by atoms with Crippen LogP contribution in [0.25, 0.3) is 0 Å². The zero-order chi connectivity index (χ0) is 41.0. The molecule has 0 bridgehead atoms. The molecule has 11 heteroatoms. The van der Waals surface area contributed by atoms with Crippen molar-refractivity contribution < 1.29 is 28.4 Å². The SMILES string of the molecule is CCCCOc1cc(OCCCS)cc(C2C(c3ccc(OCCCS)cc3)C(c3cc(OCCCS)cc(OCCCS)c3)C2c2ccc(OCCCS)cc2)c1. The maximum atomic E-state index is 6.41. The van der Waals surface area contributed by atoms with Crippen molar-refractivity contribution in [2.45, 2.75) is 75.5 Å². The molecule has 2 unspecified atom stereocenters. The molecule has 1 aliphatic rings. The van der Waals surface area contributed by atoms with Gasteiger partial charge in [0.2, 0.25) is 0 Å². The normalized spacial score (nSPS) is 17.3. The van der Waals surface area contributed by atoms with E-state index in [1.54, 1.807) is 0 Å². The molecule has 0 heterocycles. The van der Waals surface area contributed by atoms with Gasteiger partial charge in [0.05, 0.1) is 39.6 Å². The first-order chi connectivity index (χ1) is 28.5. The zero-order valence-corrected chi connectivity index (χ0v) is 38.3. The van der Waals surface area contributed by atoms with Crippen LogP contribution in [0.2, 0.25) is 0 Å². The van der Waals surface area contributed by atoms with E-state index in [0.717, 1.165) is 108 Å². The van der Waals surface area contributed by atoms with E-state index in [4.69, 9.17) is 28.4 Å². The number of ether oxygens (including phenoxy) is 6. The van der Waals surface area contributed by atoms with Crippen LogP contribution in [-0.4, -0.2) is 68.4 Å². The Morgan fingerprint density at radius 1 is 0.328 bits per heavy atom. The number of thiol groups is 5. The Bertz CT molecular complexity index is 1560. The third kappa shape index (κ3) is 13.7. The Morgan fingerprint density at radius 3 is 0.862 bits per heavy atom. The lowest BCUT2D eigenvalue weighted by Gasteiger charge is -2.54. The molecule has 0 radical (unpaired) electrons. The summed E-state index contributed by atoms with van der Waals surface area (Å²) in [5.41, 5.74) is 4.80. The lowest BCUT2D eigenvalue weighted by molar-refractivity contribution is 0.224. The van der Waals surface area contributed by atoms with E-state index in [2.05, 4.69) is 143 Å². The second-order valence-corrected chi connectivity index (χ2v) is 16.8. The van der Waals surface area contributed by atoms with Crippen molar-refractivity contribution in [1.29, 1.82) is 0 Å². The quantitative estimate of drug-likeness (QED) is 0.0289. The Labute approximate surface area is 374 Å². The van der Waals surface area contributed by atoms with Gasteiger partial charge in [0.25, 0.3) is 0 Å². The van der Waals surface area contributed by atoms with Crippen LogP contribution in [0, 0.1) is 0 Å². The fraction of sp³-hybridized carbons (Fsp3) is 0.489. The average molecular weight is 883 g/mol. The average Bonchev–Trinajstić information content (AvgIpc) is 3.22. The summed E-state index contributed by atoms with van der Waals surface area (Å²) in [6.45, 7) is 5.83. The minimum Gasteiger partial charge on any atom is -0.494 e. The molecule has 5 rings (SSSR count). The van der Waals surface area contributed by atoms with Crippen molar-refractivity contribution in [1.82, 2.24) is 0 Å². The van der Waals surface area contributed by atoms with Crippen LogP contribution in [0.4, 0.5) is 0 Å². The smallest absolute Gasteiger partial charge is 0.123 e. The number of hydrogen-bond acceptors (Lipinski definition) is 11. The van der Waals surface area contributed by atoms with Gasteiger partial charge in [0.15, 0.2) is 0 Å². The first-order valence-corrected chi connectivity index (χ1v) is 24.0. The lowest BCUT2D eigenvalue weighted by atomic mass is 9.49. The van der Waals surface area contributed by atoms with Gasteiger partial charge < -0.3 is 28.4 Å². The second kappa shape index (κ2) is 25.9. The van der Waals surface area contributed by atoms with Gasteiger partial charge in [0, 0.05) is 12.1 Å². The summed E-state index contributed by atoms with van der Waals surface area (Å²) in [5.74, 6) is 9.08. The molecule has 4 aromatic rings. The van der Waals surface area contributed by atoms with Crippen molar-refractivity contribution >= 4 is 63.1 Å². The molecule has 58 heavy (non-hydrogen) atoms. The summed E-state index contributed by atoms with van der Waals surface area (Å²) in [7, 11) is 0. The number of unbranched alkanes of at least 4 members (excludes halogenated alkanes) is 1. The van der Waals surface area contributed by atoms with E-state index in [0.29, 0.717) is 39.6 Å². The van der Waals surface area contributed by atoms with Gasteiger partial charge >= 0.3 is 0 Å². The van der Waals surface area contributed by atoms with Gasteiger partial charge in [-0.2, -0.15) is 63.1 Å². The number of hydrogen-bond donors (Lipinski definition) is 5. The molecular formula is C47H62O6S5. The standard InChI is InChI=1S/C47H62O6S5/c1-2-3-17-50-40-28-36(29-41(32-40)51-20-6-25-56)46-44(34-9-13-38(14-10-34)48-18-4-23-54)47(45(46)35-11-15-39(16-12-35)49-19-5-24-55)37-30-42(52-21-7-26-57)33-43(31-37)53-22-8-27-58/h9-16,28-33,44-47,54-58H,2-8,17-27H2,1H3. The van der Waals surface area contributed by atoms with E-state index in [9.17, 15) is 0 Å². The van der Waals surface area contributed by atoms with Gasteiger partial charge in [-0.3, -0.25) is 0 Å². The van der Waals surface area contributed by atoms with Crippen LogP contribution in [0.5, 0.6) is 34.5 Å². The van der Waals surface area contributed by atoms with Gasteiger partial charge in [0.1, 0.15) is 34.5 Å². The molecule has 1 aliphatic carbocycles. The predicted octanol–water partition coefficient (Wildman–Crippen LogP) is 11.8. The second-order valence-electron chi connectivity index (χ2n) is 14.5. The Morgan fingerprint density at radius 2 is 0.586 bits per heavy atom.